The van der Waals surface area contributed by atoms with Crippen LogP contribution in [0.15, 0.2) is 0 Å². The summed E-state index contributed by atoms with van der Waals surface area (Å²) in [5, 5.41) is 0. The Bertz CT molecular complexity index is 279. The zero-order chi connectivity index (χ0) is 10.2. The van der Waals surface area contributed by atoms with E-state index in [2.05, 4.69) is 5.92 Å². The summed E-state index contributed by atoms with van der Waals surface area (Å²) in [6.07, 6.45) is 10.7. The zero-order valence-electron chi connectivity index (χ0n) is 8.58. The molecule has 3 aliphatic rings. The molecule has 0 heterocycles. The van der Waals surface area contributed by atoms with Gasteiger partial charge in [0.15, 0.2) is 0 Å². The third kappa shape index (κ3) is 1.15. The van der Waals surface area contributed by atoms with E-state index in [0.29, 0.717) is 0 Å². The van der Waals surface area contributed by atoms with Crippen LogP contribution in [-0.2, 0) is 9.53 Å². The van der Waals surface area contributed by atoms with Crippen LogP contribution in [0, 0.1) is 29.6 Å². The summed E-state index contributed by atoms with van der Waals surface area (Å²) in [7, 11) is 1.46. The highest BCUT2D eigenvalue weighted by atomic mass is 16.5. The number of methoxy groups -OCH3 is 1. The van der Waals surface area contributed by atoms with E-state index in [0.717, 1.165) is 38.0 Å². The van der Waals surface area contributed by atoms with Crippen molar-refractivity contribution in [2.45, 2.75) is 32.1 Å². The van der Waals surface area contributed by atoms with Crippen LogP contribution in [0.25, 0.3) is 0 Å². The first-order valence-corrected chi connectivity index (χ1v) is 5.27. The maximum Gasteiger partial charge on any atom is 0.313 e. The minimum Gasteiger partial charge on any atom is -0.469 e. The van der Waals surface area contributed by atoms with Crippen LogP contribution in [0.3, 0.4) is 0 Å². The molecule has 2 nitrogen and oxygen atoms in total. The Morgan fingerprint density at radius 1 is 1.50 bits per heavy atom. The molecule has 14 heavy (non-hydrogen) atoms. The molecule has 0 radical (unpaired) electrons. The lowest BCUT2D eigenvalue weighted by molar-refractivity contribution is -0.162. The van der Waals surface area contributed by atoms with Crippen molar-refractivity contribution in [1.82, 2.24) is 0 Å². The smallest absolute Gasteiger partial charge is 0.313 e. The fourth-order valence-electron chi connectivity index (χ4n) is 3.11. The number of ether oxygens (including phenoxy) is 1. The van der Waals surface area contributed by atoms with Gasteiger partial charge in [-0.05, 0) is 38.0 Å². The van der Waals surface area contributed by atoms with Gasteiger partial charge < -0.3 is 4.74 Å². The van der Waals surface area contributed by atoms with E-state index >= 15 is 0 Å². The van der Waals surface area contributed by atoms with Gasteiger partial charge in [-0.3, -0.25) is 4.79 Å². The number of rotatable bonds is 1. The Balaban J connectivity index is 2.29. The highest BCUT2D eigenvalue weighted by Gasteiger charge is 2.52. The van der Waals surface area contributed by atoms with Crippen molar-refractivity contribution in [2.24, 2.45) is 17.3 Å². The van der Waals surface area contributed by atoms with E-state index in [1.54, 1.807) is 0 Å². The molecule has 3 saturated carbocycles. The Labute approximate surface area is 85.0 Å². The van der Waals surface area contributed by atoms with E-state index < -0.39 is 0 Å². The normalized spacial score (nSPS) is 40.3. The van der Waals surface area contributed by atoms with E-state index in [1.165, 1.54) is 7.11 Å². The summed E-state index contributed by atoms with van der Waals surface area (Å²) in [6.45, 7) is 0. The van der Waals surface area contributed by atoms with E-state index in [4.69, 9.17) is 11.2 Å². The molecule has 3 fully saturated rings. The molecule has 0 amide bonds. The highest BCUT2D eigenvalue weighted by Crippen LogP contribution is 2.54. The quantitative estimate of drug-likeness (QED) is 0.469. The molecule has 2 bridgehead atoms. The standard InChI is InChI=1S/C12H16O2/c1-3-10-8-9-4-6-12(10,7-5-9)11(13)14-2/h1,9-10H,4-8H2,2H3. The maximum absolute atomic E-state index is 11.8. The fourth-order valence-corrected chi connectivity index (χ4v) is 3.11. The number of terminal acetylenes is 1. The van der Waals surface area contributed by atoms with Crippen LogP contribution < -0.4 is 0 Å². The second-order valence-corrected chi connectivity index (χ2v) is 4.55. The summed E-state index contributed by atoms with van der Waals surface area (Å²) < 4.78 is 4.91. The molecule has 0 aromatic rings. The molecule has 1 atom stereocenters. The second kappa shape index (κ2) is 3.31. The van der Waals surface area contributed by atoms with Gasteiger partial charge in [-0.1, -0.05) is 0 Å². The van der Waals surface area contributed by atoms with Crippen LogP contribution in [-0.4, -0.2) is 13.1 Å². The molecule has 0 aromatic carbocycles. The molecule has 2 heteroatoms. The average molecular weight is 192 g/mol. The third-order valence-corrected chi connectivity index (χ3v) is 4.03. The van der Waals surface area contributed by atoms with Gasteiger partial charge in [-0.15, -0.1) is 12.3 Å². The number of carbonyl (C=O) groups is 1. The van der Waals surface area contributed by atoms with Crippen LogP contribution in [0.1, 0.15) is 32.1 Å². The second-order valence-electron chi connectivity index (χ2n) is 4.55. The van der Waals surface area contributed by atoms with Gasteiger partial charge in [0.25, 0.3) is 0 Å². The third-order valence-electron chi connectivity index (χ3n) is 4.03. The number of hydrogen-bond donors (Lipinski definition) is 0. The summed E-state index contributed by atoms with van der Waals surface area (Å²) in [5.41, 5.74) is -0.335. The van der Waals surface area contributed by atoms with Crippen molar-refractivity contribution in [3.05, 3.63) is 0 Å². The van der Waals surface area contributed by atoms with Crippen molar-refractivity contribution in [2.75, 3.05) is 7.11 Å². The van der Waals surface area contributed by atoms with Crippen molar-refractivity contribution in [3.63, 3.8) is 0 Å². The summed E-state index contributed by atoms with van der Waals surface area (Å²) in [5.74, 6) is 3.57. The molecule has 76 valence electrons. The van der Waals surface area contributed by atoms with Gasteiger partial charge in [0, 0.05) is 5.92 Å². The Kier molecular flexibility index (Phi) is 2.26. The molecule has 0 N–H and O–H groups in total. The lowest BCUT2D eigenvalue weighted by Gasteiger charge is -2.48. The lowest BCUT2D eigenvalue weighted by Crippen LogP contribution is -2.47. The van der Waals surface area contributed by atoms with Gasteiger partial charge in [-0.2, -0.15) is 0 Å². The molecule has 3 rings (SSSR count). The first kappa shape index (κ1) is 9.58. The van der Waals surface area contributed by atoms with Gasteiger partial charge >= 0.3 is 5.97 Å². The first-order valence-electron chi connectivity index (χ1n) is 5.27. The number of carbonyl (C=O) groups excluding carboxylic acids is 1. The highest BCUT2D eigenvalue weighted by molar-refractivity contribution is 5.78. The van der Waals surface area contributed by atoms with Crippen molar-refractivity contribution in [3.8, 4) is 12.3 Å². The molecular formula is C12H16O2. The largest absolute Gasteiger partial charge is 0.469 e. The average Bonchev–Trinajstić information content (AvgIpc) is 2.29. The molecule has 3 aliphatic carbocycles. The Morgan fingerprint density at radius 2 is 2.14 bits per heavy atom. The minimum absolute atomic E-state index is 0.0846. The van der Waals surface area contributed by atoms with Gasteiger partial charge in [0.1, 0.15) is 0 Å². The number of fused-ring (bicyclic) bond motifs is 3. The van der Waals surface area contributed by atoms with Gasteiger partial charge in [-0.25, -0.2) is 0 Å². The number of hydrogen-bond acceptors (Lipinski definition) is 2. The van der Waals surface area contributed by atoms with Gasteiger partial charge in [0.05, 0.1) is 12.5 Å². The molecular weight excluding hydrogens is 176 g/mol. The van der Waals surface area contributed by atoms with Crippen LogP contribution in [0.5, 0.6) is 0 Å². The van der Waals surface area contributed by atoms with Crippen molar-refractivity contribution < 1.29 is 9.53 Å². The molecule has 0 saturated heterocycles. The molecule has 1 unspecified atom stereocenters. The van der Waals surface area contributed by atoms with Crippen LogP contribution >= 0.6 is 0 Å². The topological polar surface area (TPSA) is 26.3 Å². The van der Waals surface area contributed by atoms with Gasteiger partial charge in [0.2, 0.25) is 0 Å². The Morgan fingerprint density at radius 3 is 2.64 bits per heavy atom. The summed E-state index contributed by atoms with van der Waals surface area (Å²) >= 11 is 0. The van der Waals surface area contributed by atoms with Crippen molar-refractivity contribution in [1.29, 1.82) is 0 Å². The van der Waals surface area contributed by atoms with Crippen LogP contribution in [0.2, 0.25) is 0 Å². The predicted octanol–water partition coefficient (Wildman–Crippen LogP) is 1.99. The molecule has 0 spiro atoms. The van der Waals surface area contributed by atoms with Crippen LogP contribution in [0.4, 0.5) is 0 Å². The lowest BCUT2D eigenvalue weighted by atomic mass is 9.55. The fraction of sp³-hybridized carbons (Fsp3) is 0.750. The predicted molar refractivity (Wildman–Crippen MR) is 53.3 cm³/mol. The SMILES string of the molecule is C#CC1CC2CCC1(C(=O)OC)CC2. The van der Waals surface area contributed by atoms with E-state index in [-0.39, 0.29) is 17.3 Å². The van der Waals surface area contributed by atoms with E-state index in [1.807, 2.05) is 0 Å². The number of esters is 1. The maximum atomic E-state index is 11.8. The zero-order valence-corrected chi connectivity index (χ0v) is 8.58. The molecule has 0 aromatic heterocycles. The first-order chi connectivity index (χ1) is 6.73. The summed E-state index contributed by atoms with van der Waals surface area (Å²) in [4.78, 5) is 11.8. The minimum atomic E-state index is -0.335. The van der Waals surface area contributed by atoms with E-state index in [9.17, 15) is 4.79 Å². The van der Waals surface area contributed by atoms with Crippen molar-refractivity contribution >= 4 is 5.97 Å². The Hall–Kier alpha value is -0.970. The summed E-state index contributed by atoms with van der Waals surface area (Å²) in [6, 6.07) is 0. The monoisotopic (exact) mass is 192 g/mol. The molecule has 0 aliphatic heterocycles.